The number of ketones is 1. The van der Waals surface area contributed by atoms with Crippen molar-refractivity contribution in [2.45, 2.75) is 358 Å². The number of aromatic nitrogens is 1. The molecule has 1 saturated heterocycles. The molecule has 1 aliphatic heterocycles. The summed E-state index contributed by atoms with van der Waals surface area (Å²) in [6.07, 6.45) is 34.9. The number of fused-ring (bicyclic) bond motifs is 1. The van der Waals surface area contributed by atoms with Gasteiger partial charge in [0, 0.05) is 116 Å². The Bertz CT molecular complexity index is 3590. The molecule has 13 rings (SSSR count). The summed E-state index contributed by atoms with van der Waals surface area (Å²) < 4.78 is 36.3. The molecule has 0 unspecified atom stereocenters. The molecule has 2 heterocycles. The fraction of sp³-hybridized carbons (Fsp3) is 0.659. The van der Waals surface area contributed by atoms with E-state index >= 15 is 0 Å². The fourth-order valence-electron chi connectivity index (χ4n) is 13.2. The molecule has 109 heavy (non-hydrogen) atoms. The van der Waals surface area contributed by atoms with Crippen molar-refractivity contribution < 1.29 is 40.0 Å². The van der Waals surface area contributed by atoms with E-state index in [0.717, 1.165) is 59.6 Å². The Labute approximate surface area is 715 Å². The Morgan fingerprint density at radius 2 is 0.872 bits per heavy atom. The molecule has 4 N–H and O–H groups in total. The molecule has 8 aliphatic rings. The van der Waals surface area contributed by atoms with Gasteiger partial charge in [0.15, 0.2) is 33.3 Å². The number of nitrogens with two attached hydrogens (primary N) is 1. The second kappa shape index (κ2) is 44.5. The first kappa shape index (κ1) is 95.8. The summed E-state index contributed by atoms with van der Waals surface area (Å²) >= 11 is 10.5. The molecule has 0 bridgehead atoms. The van der Waals surface area contributed by atoms with Crippen LogP contribution >= 0.6 is 65.5 Å². The summed E-state index contributed by atoms with van der Waals surface area (Å²) in [7, 11) is -6.55. The van der Waals surface area contributed by atoms with Crippen LogP contribution in [0.3, 0.4) is 0 Å². The van der Waals surface area contributed by atoms with Crippen LogP contribution in [-0.4, -0.2) is 93.3 Å². The number of hydrogen-bond acceptors (Lipinski definition) is 9. The standard InChI is InChI=1S/2C23H35NOSi.C18H30INOSi.C12H24O2Si.C6H6IN.C5H6.C4H8O.Cu.HI/c1-23(2,3)26(4,5)25-20-14-12-19(13-15-20)24-21-9-7-6-8-18(21)16-22(24)17-10-11-17;1-23(2,3)26(4,5)25-21-16-14-20(15-17-21)24-22-9-7-6-8-19(22)13-12-18-10-11-18;1-18(2,3)22(4,5)21-15-12-10-14(11-13-15)20-17-9-7-6-8-16(17)19;1-12(2,3)15(4,5)14-11-8-6-10(13)7-9-11;7-5-3-1-2-4-6(5)8;1-2-5-3-4-5;1-2-4-5-3-1;;/h6-9,16-17,19-20H,10-15H2,1-5H3;6-9,18,20-21,24H,10-11,14-17H2,1-5H3;6-9,14-15,20H,10-13H2,1-5H3;11H,6-9H2,1-5H3;1-4H,8H2;1,5H,3-4H2;1-4H2;;1H/q;;;;;;;+1;/p-1. The van der Waals surface area contributed by atoms with E-state index in [2.05, 4.69) is 305 Å². The van der Waals surface area contributed by atoms with Crippen LogP contribution in [0.4, 0.5) is 17.1 Å². The van der Waals surface area contributed by atoms with Crippen LogP contribution in [0.5, 0.6) is 0 Å². The number of nitrogens with zero attached hydrogens (tertiary/aromatic N) is 1. The number of halogens is 3. The van der Waals surface area contributed by atoms with Crippen molar-refractivity contribution in [2.24, 2.45) is 11.8 Å². The maximum atomic E-state index is 11.1. The summed E-state index contributed by atoms with van der Waals surface area (Å²) in [5.41, 5.74) is 13.0. The van der Waals surface area contributed by atoms with Crippen LogP contribution in [0.25, 0.3) is 10.9 Å². The number of para-hydroxylation sites is 4. The van der Waals surface area contributed by atoms with Crippen LogP contribution in [0, 0.1) is 43.2 Å². The van der Waals surface area contributed by atoms with Gasteiger partial charge in [-0.05, 0) is 319 Å². The number of nitrogens with one attached hydrogen (secondary N) is 2. The van der Waals surface area contributed by atoms with Crippen LogP contribution in [0.2, 0.25) is 72.5 Å². The summed E-state index contributed by atoms with van der Waals surface area (Å²) in [5, 5.41) is 10.1. The third-order valence-corrected chi connectivity index (χ3v) is 44.8. The van der Waals surface area contributed by atoms with Gasteiger partial charge in [0.25, 0.3) is 0 Å². The maximum absolute atomic E-state index is 11.1. The molecule has 5 aromatic rings. The predicted molar refractivity (Wildman–Crippen MR) is 499 cm³/mol. The number of carbonyl (C=O) groups is 1. The molecule has 7 aliphatic carbocycles. The molecule has 7 saturated carbocycles. The van der Waals surface area contributed by atoms with Crippen molar-refractivity contribution in [3.63, 3.8) is 0 Å². The van der Waals surface area contributed by atoms with Gasteiger partial charge in [-0.15, -0.1) is 12.3 Å². The summed E-state index contributed by atoms with van der Waals surface area (Å²) in [6.45, 7) is 48.6. The first-order valence-electron chi connectivity index (χ1n) is 41.5. The number of nitrogen functional groups attached to an aromatic ring is 1. The number of rotatable bonds is 14. The first-order valence-corrected chi connectivity index (χ1v) is 58.3. The van der Waals surface area contributed by atoms with Gasteiger partial charge in [-0.3, -0.25) is 4.79 Å². The van der Waals surface area contributed by atoms with E-state index < -0.39 is 33.3 Å². The molecule has 18 heteroatoms. The van der Waals surface area contributed by atoms with Crippen molar-refractivity contribution >= 4 is 133 Å². The second-order valence-electron chi connectivity index (χ2n) is 38.0. The van der Waals surface area contributed by atoms with Gasteiger partial charge < -0.3 is 43.4 Å². The van der Waals surface area contributed by atoms with E-state index in [1.807, 2.05) is 24.3 Å². The minimum absolute atomic E-state index is 0.272. The number of benzene rings is 4. The van der Waals surface area contributed by atoms with E-state index in [4.69, 9.17) is 34.6 Å². The minimum atomic E-state index is -1.65. The molecule has 10 nitrogen and oxygen atoms in total. The van der Waals surface area contributed by atoms with E-state index in [-0.39, 0.29) is 5.04 Å². The summed E-state index contributed by atoms with van der Waals surface area (Å²) in [4.78, 5) is 11.1. The Kier molecular flexibility index (Phi) is 39.1. The normalized spacial score (nSPS) is 22.0. The third kappa shape index (κ3) is 32.8. The Hall–Kier alpha value is -2.01. The van der Waals surface area contributed by atoms with Crippen LogP contribution in [-0.2, 0) is 40.0 Å². The Morgan fingerprint density at radius 3 is 1.25 bits per heavy atom. The Balaban J connectivity index is 0.000000211. The molecular formula is C91H144CuI3N4O6Si4. The molecule has 8 fully saturated rings. The molecule has 0 spiro atoms. The number of hydrogen-bond donors (Lipinski definition) is 3. The molecule has 0 atom stereocenters. The van der Waals surface area contributed by atoms with E-state index in [1.165, 1.54) is 154 Å². The number of ether oxygens (including phenoxy) is 1. The predicted octanol–water partition coefficient (Wildman–Crippen LogP) is 27.4. The topological polar surface area (TPSA) is 118 Å². The van der Waals surface area contributed by atoms with E-state index in [0.29, 0.717) is 75.3 Å². The molecule has 0 radical (unpaired) electrons. The zero-order valence-corrected chi connectivity index (χ0v) is 82.4. The Morgan fingerprint density at radius 1 is 0.486 bits per heavy atom. The van der Waals surface area contributed by atoms with Crippen LogP contribution in [0.15, 0.2) is 103 Å². The third-order valence-electron chi connectivity index (χ3n) is 24.7. The van der Waals surface area contributed by atoms with Crippen molar-refractivity contribution in [3.05, 3.63) is 122 Å². The van der Waals surface area contributed by atoms with Gasteiger partial charge in [-0.1, -0.05) is 150 Å². The molecule has 4 aromatic carbocycles. The fourth-order valence-corrected chi connectivity index (χ4v) is 19.8. The van der Waals surface area contributed by atoms with E-state index in [9.17, 15) is 4.79 Å². The molecule has 612 valence electrons. The van der Waals surface area contributed by atoms with Gasteiger partial charge in [0.05, 0.1) is 5.69 Å². The van der Waals surface area contributed by atoms with Crippen molar-refractivity contribution in [2.75, 3.05) is 29.6 Å². The molecule has 1 aromatic heterocycles. The van der Waals surface area contributed by atoms with Crippen molar-refractivity contribution in [1.29, 1.82) is 0 Å². The SMILES string of the molecule is C#CC1CC1.C1CCOC1.CC(C)(C)[Si](C)(C)OC1CCC(=O)CC1.CC(C)(C)[Si](C)(C)OC1CCC(Nc2ccccc2C#CC2CC2)CC1.CC(C)(C)[Si](C)(C)OC1CCC(Nc2ccccc2I)CC1.CC(C)(C)[Si](C)(C)OC1CCC(n2c(C3CC3)cc3ccccc32)CC1.Nc1ccccc1I.[Cu][I]. The number of carbonyl (C=O) groups excluding carboxylic acids is 1. The van der Waals surface area contributed by atoms with Crippen molar-refractivity contribution in [1.82, 2.24) is 4.57 Å². The summed E-state index contributed by atoms with van der Waals surface area (Å²) in [6, 6.07) is 38.1. The average molecular weight is 1950 g/mol. The summed E-state index contributed by atoms with van der Waals surface area (Å²) in [5.74, 6) is 11.9. The zero-order valence-electron chi connectivity index (χ0n) is 71.0. The van der Waals surface area contributed by atoms with Crippen LogP contribution < -0.4 is 16.4 Å². The van der Waals surface area contributed by atoms with Gasteiger partial charge in [0.1, 0.15) is 5.78 Å². The van der Waals surface area contributed by atoms with Crippen molar-refractivity contribution in [3.8, 4) is 24.2 Å². The monoisotopic (exact) mass is 1940 g/mol. The van der Waals surface area contributed by atoms with E-state index in [1.54, 1.807) is 26.0 Å². The first-order chi connectivity index (χ1) is 51.2. The molecular weight excluding hydrogens is 1800 g/mol. The number of anilines is 3. The zero-order chi connectivity index (χ0) is 80.6. The van der Waals surface area contributed by atoms with Gasteiger partial charge >= 0.3 is 33.1 Å². The quantitative estimate of drug-likeness (QED) is 0.0432. The van der Waals surface area contributed by atoms with Crippen LogP contribution in [0.1, 0.15) is 260 Å². The second-order valence-corrected chi connectivity index (χ2v) is 59.4. The number of Topliss-reactive ketones (excluding diaryl/α,β-unsaturated/α-hetero) is 1. The van der Waals surface area contributed by atoms with Gasteiger partial charge in [-0.2, -0.15) is 0 Å². The average Bonchev–Trinajstić information content (AvgIpc) is 1.60. The number of terminal acetylenes is 1. The molecule has 0 amide bonds. The van der Waals surface area contributed by atoms with Gasteiger partial charge in [0.2, 0.25) is 0 Å². The van der Waals surface area contributed by atoms with Gasteiger partial charge in [-0.25, -0.2) is 0 Å².